The van der Waals surface area contributed by atoms with Gasteiger partial charge in [0.2, 0.25) is 0 Å². The van der Waals surface area contributed by atoms with E-state index in [9.17, 15) is 9.18 Å². The number of hydrogen-bond donors (Lipinski definition) is 1. The number of nitrogens with zero attached hydrogens (tertiary/aromatic N) is 1. The monoisotopic (exact) mass is 330 g/mol. The van der Waals surface area contributed by atoms with Gasteiger partial charge in [0.1, 0.15) is 5.82 Å². The molecule has 0 unspecified atom stereocenters. The van der Waals surface area contributed by atoms with E-state index >= 15 is 0 Å². The van der Waals surface area contributed by atoms with E-state index in [1.165, 1.54) is 6.07 Å². The fraction of sp³-hybridized carbons (Fsp3) is 0.462. The molecule has 1 aliphatic heterocycles. The Morgan fingerprint density at radius 1 is 1.42 bits per heavy atom. The molecule has 19 heavy (non-hydrogen) atoms. The number of halogens is 2. The summed E-state index contributed by atoms with van der Waals surface area (Å²) in [6.45, 7) is 2.79. The lowest BCUT2D eigenvalue weighted by Gasteiger charge is -2.26. The number of morpholine rings is 1. The molecule has 1 aromatic carbocycles. The van der Waals surface area contributed by atoms with E-state index in [0.29, 0.717) is 44.8 Å². The van der Waals surface area contributed by atoms with Crippen LogP contribution in [0.4, 0.5) is 9.18 Å². The first-order valence-corrected chi connectivity index (χ1v) is 7.00. The highest BCUT2D eigenvalue weighted by atomic mass is 79.9. The fourth-order valence-corrected chi connectivity index (χ4v) is 2.33. The molecule has 1 aliphatic rings. The highest BCUT2D eigenvalue weighted by Crippen LogP contribution is 2.15. The summed E-state index contributed by atoms with van der Waals surface area (Å²) in [5.41, 5.74) is 0.594. The molecule has 1 N–H and O–H groups in total. The Labute approximate surface area is 120 Å². The first-order valence-electron chi connectivity index (χ1n) is 6.21. The van der Waals surface area contributed by atoms with E-state index in [1.54, 1.807) is 17.0 Å². The van der Waals surface area contributed by atoms with E-state index in [2.05, 4.69) is 21.2 Å². The van der Waals surface area contributed by atoms with Gasteiger partial charge in [-0.2, -0.15) is 0 Å². The van der Waals surface area contributed by atoms with Crippen molar-refractivity contribution >= 4 is 22.0 Å². The molecule has 0 atom stereocenters. The van der Waals surface area contributed by atoms with Gasteiger partial charge in [0.05, 0.1) is 13.2 Å². The number of nitrogens with one attached hydrogen (secondary N) is 1. The molecule has 104 valence electrons. The Balaban J connectivity index is 1.79. The molecular weight excluding hydrogens is 315 g/mol. The van der Waals surface area contributed by atoms with Crippen LogP contribution in [0.2, 0.25) is 0 Å². The Morgan fingerprint density at radius 3 is 2.89 bits per heavy atom. The van der Waals surface area contributed by atoms with Crippen LogP contribution in [0.5, 0.6) is 0 Å². The second-order valence-electron chi connectivity index (χ2n) is 4.32. The number of benzene rings is 1. The summed E-state index contributed by atoms with van der Waals surface area (Å²) in [6.07, 6.45) is 0.474. The quantitative estimate of drug-likeness (QED) is 0.922. The van der Waals surface area contributed by atoms with Gasteiger partial charge in [0.15, 0.2) is 0 Å². The van der Waals surface area contributed by atoms with Gasteiger partial charge >= 0.3 is 6.03 Å². The van der Waals surface area contributed by atoms with Crippen LogP contribution in [0.3, 0.4) is 0 Å². The second kappa shape index (κ2) is 6.86. The zero-order valence-electron chi connectivity index (χ0n) is 10.5. The average molecular weight is 331 g/mol. The van der Waals surface area contributed by atoms with Crippen molar-refractivity contribution < 1.29 is 13.9 Å². The van der Waals surface area contributed by atoms with E-state index in [-0.39, 0.29) is 11.8 Å². The molecule has 1 heterocycles. The predicted molar refractivity (Wildman–Crippen MR) is 73.6 cm³/mol. The van der Waals surface area contributed by atoms with Crippen LogP contribution in [0, 0.1) is 5.82 Å². The Kier molecular flexibility index (Phi) is 5.15. The molecule has 1 saturated heterocycles. The van der Waals surface area contributed by atoms with Gasteiger partial charge in [-0.15, -0.1) is 0 Å². The fourth-order valence-electron chi connectivity index (χ4n) is 1.92. The molecule has 0 spiro atoms. The predicted octanol–water partition coefficient (Wildman–Crippen LogP) is 2.17. The summed E-state index contributed by atoms with van der Waals surface area (Å²) >= 11 is 3.30. The van der Waals surface area contributed by atoms with E-state index in [1.807, 2.05) is 0 Å². The van der Waals surface area contributed by atoms with Crippen molar-refractivity contribution in [2.75, 3.05) is 32.8 Å². The zero-order valence-corrected chi connectivity index (χ0v) is 12.1. The average Bonchev–Trinajstić information content (AvgIpc) is 2.43. The number of carbonyl (C=O) groups excluding carboxylic acids is 1. The molecule has 1 fully saturated rings. The molecule has 0 saturated carbocycles. The number of ether oxygens (including phenoxy) is 1. The van der Waals surface area contributed by atoms with Crippen molar-refractivity contribution in [3.05, 3.63) is 34.1 Å². The van der Waals surface area contributed by atoms with Crippen molar-refractivity contribution in [3.63, 3.8) is 0 Å². The molecule has 1 aromatic rings. The normalized spacial score (nSPS) is 15.4. The minimum atomic E-state index is -0.246. The van der Waals surface area contributed by atoms with Crippen LogP contribution < -0.4 is 5.32 Å². The first-order chi connectivity index (χ1) is 9.16. The molecular formula is C13H16BrFN2O2. The standard InChI is InChI=1S/C13H16BrFN2O2/c14-11-1-2-12(15)10(9-11)3-4-16-13(18)17-5-7-19-8-6-17/h1-2,9H,3-8H2,(H,16,18). The summed E-state index contributed by atoms with van der Waals surface area (Å²) in [5, 5.41) is 2.80. The van der Waals surface area contributed by atoms with Gasteiger partial charge < -0.3 is 15.0 Å². The lowest BCUT2D eigenvalue weighted by atomic mass is 10.1. The van der Waals surface area contributed by atoms with Gasteiger partial charge in [-0.1, -0.05) is 15.9 Å². The number of carbonyl (C=O) groups is 1. The molecule has 0 aliphatic carbocycles. The molecule has 2 amide bonds. The molecule has 4 nitrogen and oxygen atoms in total. The third-order valence-electron chi connectivity index (χ3n) is 2.98. The van der Waals surface area contributed by atoms with Crippen molar-refractivity contribution in [3.8, 4) is 0 Å². The lowest BCUT2D eigenvalue weighted by molar-refractivity contribution is 0.0533. The largest absolute Gasteiger partial charge is 0.378 e. The number of hydrogen-bond acceptors (Lipinski definition) is 2. The zero-order chi connectivity index (χ0) is 13.7. The van der Waals surface area contributed by atoms with Crippen LogP contribution in [-0.4, -0.2) is 43.8 Å². The maximum Gasteiger partial charge on any atom is 0.317 e. The first kappa shape index (κ1) is 14.3. The third kappa shape index (κ3) is 4.18. The highest BCUT2D eigenvalue weighted by molar-refractivity contribution is 9.10. The summed E-state index contributed by atoms with van der Waals surface area (Å²) in [4.78, 5) is 13.5. The Morgan fingerprint density at radius 2 is 2.16 bits per heavy atom. The Hall–Kier alpha value is -1.14. The van der Waals surface area contributed by atoms with Crippen molar-refractivity contribution in [2.45, 2.75) is 6.42 Å². The van der Waals surface area contributed by atoms with Crippen molar-refractivity contribution in [1.82, 2.24) is 10.2 Å². The summed E-state index contributed by atoms with van der Waals surface area (Å²) in [6, 6.07) is 4.70. The smallest absolute Gasteiger partial charge is 0.317 e. The van der Waals surface area contributed by atoms with Gasteiger partial charge in [0, 0.05) is 24.1 Å². The molecule has 0 aromatic heterocycles. The van der Waals surface area contributed by atoms with Crippen molar-refractivity contribution in [2.24, 2.45) is 0 Å². The van der Waals surface area contributed by atoms with Crippen LogP contribution in [0.25, 0.3) is 0 Å². The maximum absolute atomic E-state index is 13.5. The number of urea groups is 1. The van der Waals surface area contributed by atoms with Crippen molar-refractivity contribution in [1.29, 1.82) is 0 Å². The van der Waals surface area contributed by atoms with Gasteiger partial charge in [-0.05, 0) is 30.2 Å². The summed E-state index contributed by atoms with van der Waals surface area (Å²) in [7, 11) is 0. The minimum Gasteiger partial charge on any atom is -0.378 e. The van der Waals surface area contributed by atoms with Gasteiger partial charge in [-0.25, -0.2) is 9.18 Å². The van der Waals surface area contributed by atoms with Crippen LogP contribution >= 0.6 is 15.9 Å². The molecule has 0 radical (unpaired) electrons. The van der Waals surface area contributed by atoms with E-state index in [0.717, 1.165) is 4.47 Å². The van der Waals surface area contributed by atoms with Crippen LogP contribution in [0.15, 0.2) is 22.7 Å². The Bertz CT molecular complexity index is 450. The third-order valence-corrected chi connectivity index (χ3v) is 3.47. The molecule has 6 heteroatoms. The number of rotatable bonds is 3. The highest BCUT2D eigenvalue weighted by Gasteiger charge is 2.16. The van der Waals surface area contributed by atoms with Crippen LogP contribution in [0.1, 0.15) is 5.56 Å². The SMILES string of the molecule is O=C(NCCc1cc(Br)ccc1F)N1CCOCC1. The maximum atomic E-state index is 13.5. The minimum absolute atomic E-state index is 0.112. The van der Waals surface area contributed by atoms with E-state index < -0.39 is 0 Å². The lowest BCUT2D eigenvalue weighted by Crippen LogP contribution is -2.46. The number of amides is 2. The molecule has 2 rings (SSSR count). The summed E-state index contributed by atoms with van der Waals surface area (Å²) in [5.74, 6) is -0.246. The van der Waals surface area contributed by atoms with Crippen LogP contribution in [-0.2, 0) is 11.2 Å². The van der Waals surface area contributed by atoms with Gasteiger partial charge in [0.25, 0.3) is 0 Å². The van der Waals surface area contributed by atoms with Gasteiger partial charge in [-0.3, -0.25) is 0 Å². The topological polar surface area (TPSA) is 41.6 Å². The van der Waals surface area contributed by atoms with E-state index in [4.69, 9.17) is 4.74 Å². The summed E-state index contributed by atoms with van der Waals surface area (Å²) < 4.78 is 19.5. The molecule has 0 bridgehead atoms. The second-order valence-corrected chi connectivity index (χ2v) is 5.23.